The Morgan fingerprint density at radius 3 is 2.18 bits per heavy atom. The van der Waals surface area contributed by atoms with Gasteiger partial charge in [0.05, 0.1) is 26.9 Å². The summed E-state index contributed by atoms with van der Waals surface area (Å²) < 4.78 is 32.7. The molecule has 2 aromatic carbocycles. The van der Waals surface area contributed by atoms with Crippen LogP contribution in [0, 0.1) is 6.92 Å². The van der Waals surface area contributed by atoms with Crippen LogP contribution in [0.5, 0.6) is 28.7 Å². The SMILES string of the molecule is COc1cc(/C=C2\Oc3cc(OCC(=O)OC(C)(C)C)cc(C)c3C2=O)cc(OC)c1OC. The van der Waals surface area contributed by atoms with Crippen LogP contribution in [0.25, 0.3) is 6.08 Å². The third-order valence-corrected chi connectivity index (χ3v) is 4.71. The van der Waals surface area contributed by atoms with Crippen molar-refractivity contribution in [1.29, 1.82) is 0 Å². The molecule has 2 aromatic rings. The molecule has 0 spiro atoms. The lowest BCUT2D eigenvalue weighted by molar-refractivity contribution is -0.157. The number of carbonyl (C=O) groups is 2. The highest BCUT2D eigenvalue weighted by Crippen LogP contribution is 2.41. The van der Waals surface area contributed by atoms with Crippen molar-refractivity contribution in [2.24, 2.45) is 0 Å². The second kappa shape index (κ2) is 9.44. The van der Waals surface area contributed by atoms with E-state index in [4.69, 9.17) is 28.4 Å². The van der Waals surface area contributed by atoms with Crippen molar-refractivity contribution in [2.75, 3.05) is 27.9 Å². The number of rotatable bonds is 7. The van der Waals surface area contributed by atoms with Crippen LogP contribution in [0.1, 0.15) is 42.3 Å². The summed E-state index contributed by atoms with van der Waals surface area (Å²) in [4.78, 5) is 24.9. The number of esters is 1. The molecule has 3 rings (SSSR count). The minimum absolute atomic E-state index is 0.145. The van der Waals surface area contributed by atoms with Gasteiger partial charge in [-0.2, -0.15) is 0 Å². The van der Waals surface area contributed by atoms with Crippen LogP contribution < -0.4 is 23.7 Å². The predicted molar refractivity (Wildman–Crippen MR) is 122 cm³/mol. The summed E-state index contributed by atoms with van der Waals surface area (Å²) >= 11 is 0. The van der Waals surface area contributed by atoms with Crippen molar-refractivity contribution in [3.63, 3.8) is 0 Å². The highest BCUT2D eigenvalue weighted by atomic mass is 16.6. The average Bonchev–Trinajstić information content (AvgIpc) is 3.05. The van der Waals surface area contributed by atoms with Crippen molar-refractivity contribution in [2.45, 2.75) is 33.3 Å². The first-order valence-electron chi connectivity index (χ1n) is 10.3. The van der Waals surface area contributed by atoms with E-state index in [1.807, 2.05) is 0 Å². The number of ether oxygens (including phenoxy) is 6. The molecule has 176 valence electrons. The maximum Gasteiger partial charge on any atom is 0.344 e. The first-order valence-corrected chi connectivity index (χ1v) is 10.3. The molecule has 0 fully saturated rings. The smallest absolute Gasteiger partial charge is 0.344 e. The standard InChI is InChI=1S/C25H28O8/c1-14-8-16(31-13-21(26)33-25(2,3)4)12-17-22(14)23(27)18(32-17)9-15-10-19(28-5)24(30-7)20(11-15)29-6/h8-12H,13H2,1-7H3/b18-9-. The monoisotopic (exact) mass is 456 g/mol. The van der Waals surface area contributed by atoms with Crippen molar-refractivity contribution >= 4 is 17.8 Å². The third kappa shape index (κ3) is 5.39. The van der Waals surface area contributed by atoms with Gasteiger partial charge in [0, 0.05) is 6.07 Å². The molecule has 0 saturated carbocycles. The van der Waals surface area contributed by atoms with E-state index in [9.17, 15) is 9.59 Å². The van der Waals surface area contributed by atoms with E-state index in [1.54, 1.807) is 58.0 Å². The van der Waals surface area contributed by atoms with Gasteiger partial charge < -0.3 is 28.4 Å². The fourth-order valence-corrected chi connectivity index (χ4v) is 3.41. The number of ketones is 1. The fraction of sp³-hybridized carbons (Fsp3) is 0.360. The van der Waals surface area contributed by atoms with Gasteiger partial charge in [0.1, 0.15) is 17.1 Å². The second-order valence-corrected chi connectivity index (χ2v) is 8.39. The van der Waals surface area contributed by atoms with Gasteiger partial charge in [-0.15, -0.1) is 0 Å². The molecule has 1 heterocycles. The van der Waals surface area contributed by atoms with Gasteiger partial charge in [0.2, 0.25) is 11.5 Å². The molecule has 0 unspecified atom stereocenters. The second-order valence-electron chi connectivity index (χ2n) is 8.39. The van der Waals surface area contributed by atoms with Crippen molar-refractivity contribution in [1.82, 2.24) is 0 Å². The number of aryl methyl sites for hydroxylation is 1. The van der Waals surface area contributed by atoms with Crippen molar-refractivity contribution < 1.29 is 38.0 Å². The Hall–Kier alpha value is -3.68. The molecule has 0 amide bonds. The molecule has 1 aliphatic heterocycles. The molecule has 0 saturated heterocycles. The van der Waals surface area contributed by atoms with Gasteiger partial charge in [-0.3, -0.25) is 4.79 Å². The molecule has 0 N–H and O–H groups in total. The molecule has 8 heteroatoms. The number of carbonyl (C=O) groups excluding carboxylic acids is 2. The molecule has 8 nitrogen and oxygen atoms in total. The van der Waals surface area contributed by atoms with Gasteiger partial charge in [-0.05, 0) is 63.1 Å². The van der Waals surface area contributed by atoms with Crippen LogP contribution in [-0.4, -0.2) is 45.3 Å². The zero-order chi connectivity index (χ0) is 24.3. The summed E-state index contributed by atoms with van der Waals surface area (Å²) in [7, 11) is 4.55. The molecule has 0 aliphatic carbocycles. The fourth-order valence-electron chi connectivity index (χ4n) is 3.41. The number of Topliss-reactive ketones (excluding diaryl/α,β-unsaturated/α-hetero) is 1. The van der Waals surface area contributed by atoms with Crippen LogP contribution in [0.3, 0.4) is 0 Å². The normalized spacial score (nSPS) is 13.9. The zero-order valence-electron chi connectivity index (χ0n) is 19.9. The molecule has 0 aromatic heterocycles. The lowest BCUT2D eigenvalue weighted by atomic mass is 10.0. The van der Waals surface area contributed by atoms with E-state index < -0.39 is 11.6 Å². The maximum absolute atomic E-state index is 13.0. The summed E-state index contributed by atoms with van der Waals surface area (Å²) in [5.74, 6) is 1.53. The van der Waals surface area contributed by atoms with E-state index in [0.717, 1.165) is 0 Å². The van der Waals surface area contributed by atoms with Gasteiger partial charge >= 0.3 is 5.97 Å². The van der Waals surface area contributed by atoms with Gasteiger partial charge in [-0.1, -0.05) is 0 Å². The Morgan fingerprint density at radius 2 is 1.64 bits per heavy atom. The topological polar surface area (TPSA) is 89.5 Å². The van der Waals surface area contributed by atoms with E-state index in [1.165, 1.54) is 21.3 Å². The summed E-state index contributed by atoms with van der Waals surface area (Å²) in [6.07, 6.45) is 1.60. The molecule has 33 heavy (non-hydrogen) atoms. The Labute approximate surface area is 193 Å². The van der Waals surface area contributed by atoms with Gasteiger partial charge in [-0.25, -0.2) is 4.79 Å². The average molecular weight is 456 g/mol. The molecule has 0 atom stereocenters. The summed E-state index contributed by atoms with van der Waals surface area (Å²) in [6, 6.07) is 6.71. The van der Waals surface area contributed by atoms with Crippen LogP contribution in [0.4, 0.5) is 0 Å². The van der Waals surface area contributed by atoms with Gasteiger partial charge in [0.25, 0.3) is 0 Å². The molecular formula is C25H28O8. The number of benzene rings is 2. The minimum atomic E-state index is -0.601. The Kier molecular flexibility index (Phi) is 6.86. The summed E-state index contributed by atoms with van der Waals surface area (Å²) in [5.41, 5.74) is 1.15. The number of fused-ring (bicyclic) bond motifs is 1. The minimum Gasteiger partial charge on any atom is -0.493 e. The number of methoxy groups -OCH3 is 3. The van der Waals surface area contributed by atoms with Crippen LogP contribution >= 0.6 is 0 Å². The molecule has 0 bridgehead atoms. The van der Waals surface area contributed by atoms with Crippen molar-refractivity contribution in [3.8, 4) is 28.7 Å². The van der Waals surface area contributed by atoms with E-state index in [0.29, 0.717) is 45.4 Å². The summed E-state index contributed by atoms with van der Waals surface area (Å²) in [6.45, 7) is 6.88. The number of hydrogen-bond acceptors (Lipinski definition) is 8. The van der Waals surface area contributed by atoms with E-state index >= 15 is 0 Å². The largest absolute Gasteiger partial charge is 0.493 e. The molecule has 1 aliphatic rings. The van der Waals surface area contributed by atoms with E-state index in [2.05, 4.69) is 0 Å². The third-order valence-electron chi connectivity index (χ3n) is 4.71. The molecular weight excluding hydrogens is 428 g/mol. The Bertz CT molecular complexity index is 1080. The van der Waals surface area contributed by atoms with Crippen LogP contribution in [-0.2, 0) is 9.53 Å². The quantitative estimate of drug-likeness (QED) is 0.449. The number of allylic oxidation sites excluding steroid dienone is 1. The first-order chi connectivity index (χ1) is 15.6. The lowest BCUT2D eigenvalue weighted by Crippen LogP contribution is -2.27. The summed E-state index contributed by atoms with van der Waals surface area (Å²) in [5, 5.41) is 0. The highest BCUT2D eigenvalue weighted by Gasteiger charge is 2.30. The zero-order valence-corrected chi connectivity index (χ0v) is 19.9. The lowest BCUT2D eigenvalue weighted by Gasteiger charge is -2.19. The van der Waals surface area contributed by atoms with Crippen LogP contribution in [0.2, 0.25) is 0 Å². The Morgan fingerprint density at radius 1 is 1.00 bits per heavy atom. The Balaban J connectivity index is 1.85. The first kappa shape index (κ1) is 24.0. The van der Waals surface area contributed by atoms with Crippen molar-refractivity contribution in [3.05, 3.63) is 46.7 Å². The maximum atomic E-state index is 13.0. The number of hydrogen-bond donors (Lipinski definition) is 0. The highest BCUT2D eigenvalue weighted by molar-refractivity contribution is 6.15. The predicted octanol–water partition coefficient (Wildman–Crippen LogP) is 4.36. The molecule has 0 radical (unpaired) electrons. The van der Waals surface area contributed by atoms with Gasteiger partial charge in [0.15, 0.2) is 23.9 Å². The van der Waals surface area contributed by atoms with Crippen LogP contribution in [0.15, 0.2) is 30.0 Å². The van der Waals surface area contributed by atoms with E-state index in [-0.39, 0.29) is 18.1 Å².